The number of ether oxygens (including phenoxy) is 1. The highest BCUT2D eigenvalue weighted by Crippen LogP contribution is 2.59. The monoisotopic (exact) mass is 589 g/mol. The zero-order valence-electron chi connectivity index (χ0n) is 24.0. The van der Waals surface area contributed by atoms with Crippen LogP contribution in [-0.4, -0.2) is 55.4 Å². The first-order valence-electron chi connectivity index (χ1n) is 14.2. The fourth-order valence-electron chi connectivity index (χ4n) is 6.45. The molecule has 0 saturated carbocycles. The van der Waals surface area contributed by atoms with Crippen LogP contribution in [0.1, 0.15) is 34.8 Å². The predicted octanol–water partition coefficient (Wildman–Crippen LogP) is 5.08. The topological polar surface area (TPSA) is 108 Å². The quantitative estimate of drug-likeness (QED) is 0.238. The minimum absolute atomic E-state index is 0.121. The predicted molar refractivity (Wildman–Crippen MR) is 161 cm³/mol. The van der Waals surface area contributed by atoms with Gasteiger partial charge in [-0.1, -0.05) is 55.5 Å². The first kappa shape index (κ1) is 29.6. The van der Waals surface area contributed by atoms with Crippen molar-refractivity contribution in [1.82, 2.24) is 4.90 Å². The molecule has 3 aromatic rings. The van der Waals surface area contributed by atoms with E-state index in [1.807, 2.05) is 43.3 Å². The number of hydrogen-bond acceptors (Lipinski definition) is 5. The first-order valence-corrected chi connectivity index (χ1v) is 17.1. The number of aliphatic hydroxyl groups is 1. The van der Waals surface area contributed by atoms with E-state index in [-0.39, 0.29) is 31.4 Å². The van der Waals surface area contributed by atoms with Gasteiger partial charge >= 0.3 is 0 Å². The van der Waals surface area contributed by atoms with Gasteiger partial charge in [0.25, 0.3) is 11.8 Å². The molecule has 4 atom stereocenters. The smallest absolute Gasteiger partial charge is 0.261 e. The number of hydrogen-bond donors (Lipinski definition) is 3. The van der Waals surface area contributed by atoms with Crippen LogP contribution < -0.4 is 10.6 Å². The second-order valence-corrected chi connectivity index (χ2v) is 15.3. The molecular weight excluding hydrogens is 553 g/mol. The van der Waals surface area contributed by atoms with E-state index in [9.17, 15) is 19.5 Å². The van der Waals surface area contributed by atoms with Crippen molar-refractivity contribution in [3.63, 3.8) is 0 Å². The molecular formula is C32H36FN3O5Si. The van der Waals surface area contributed by atoms with Crippen LogP contribution >= 0.6 is 0 Å². The number of nitrogens with one attached hydrogen (secondary N) is 2. The fraction of sp³-hybridized carbons (Fsp3) is 0.344. The fourth-order valence-corrected chi connectivity index (χ4v) is 8.95. The van der Waals surface area contributed by atoms with Gasteiger partial charge in [-0.25, -0.2) is 0 Å². The maximum absolute atomic E-state index is 16.0. The van der Waals surface area contributed by atoms with E-state index in [0.29, 0.717) is 29.0 Å². The highest BCUT2D eigenvalue weighted by molar-refractivity contribution is 6.72. The number of anilines is 2. The molecule has 0 unspecified atom stereocenters. The molecule has 10 heteroatoms. The highest BCUT2D eigenvalue weighted by atomic mass is 28.4. The number of carbonyl (C=O) groups excluding carboxylic acids is 3. The van der Waals surface area contributed by atoms with Crippen LogP contribution in [0.25, 0.3) is 0 Å². The van der Waals surface area contributed by atoms with Gasteiger partial charge in [0.05, 0.1) is 19.1 Å². The van der Waals surface area contributed by atoms with E-state index < -0.39 is 37.5 Å². The Morgan fingerprint density at radius 3 is 2.38 bits per heavy atom. The minimum Gasteiger partial charge on any atom is -0.395 e. The third-order valence-corrected chi connectivity index (χ3v) is 10.8. The highest BCUT2D eigenvalue weighted by Gasteiger charge is 2.65. The minimum atomic E-state index is -3.47. The molecule has 3 amide bonds. The van der Waals surface area contributed by atoms with Crippen LogP contribution in [0.15, 0.2) is 78.9 Å². The molecule has 0 aromatic heterocycles. The van der Waals surface area contributed by atoms with Crippen molar-refractivity contribution in [3.8, 4) is 0 Å². The molecule has 3 N–H and O–H groups in total. The number of benzene rings is 3. The van der Waals surface area contributed by atoms with Crippen LogP contribution in [-0.2, 0) is 26.5 Å². The van der Waals surface area contributed by atoms with Gasteiger partial charge < -0.3 is 29.5 Å². The Kier molecular flexibility index (Phi) is 8.32. The normalized spacial score (nSPS) is 23.0. The third kappa shape index (κ3) is 5.62. The molecule has 0 aliphatic carbocycles. The van der Waals surface area contributed by atoms with Crippen LogP contribution in [0.2, 0.25) is 18.6 Å². The van der Waals surface area contributed by atoms with Crippen molar-refractivity contribution >= 4 is 37.5 Å². The SMILES string of the molecule is C[C@@H]1[C@@H]([Si](C)(C)F)[C@H](CC(=O)N(CCO)Cc2ccccc2)O[C@@]12C(=O)Nc1ccc(NC(=O)c3ccccc3)cc12. The van der Waals surface area contributed by atoms with E-state index in [4.69, 9.17) is 4.74 Å². The Hall–Kier alpha value is -3.86. The summed E-state index contributed by atoms with van der Waals surface area (Å²) in [6.45, 7) is 5.16. The summed E-state index contributed by atoms with van der Waals surface area (Å²) in [5.74, 6) is -1.58. The summed E-state index contributed by atoms with van der Waals surface area (Å²) >= 11 is 0. The summed E-state index contributed by atoms with van der Waals surface area (Å²) < 4.78 is 22.6. The first-order chi connectivity index (χ1) is 20.0. The Labute approximate surface area is 246 Å². The second-order valence-electron chi connectivity index (χ2n) is 11.5. The van der Waals surface area contributed by atoms with Gasteiger partial charge in [-0.2, -0.15) is 0 Å². The van der Waals surface area contributed by atoms with E-state index >= 15 is 4.11 Å². The Balaban J connectivity index is 1.44. The lowest BCUT2D eigenvalue weighted by Crippen LogP contribution is -2.42. The lowest BCUT2D eigenvalue weighted by Gasteiger charge is -2.31. The molecule has 3 aromatic carbocycles. The molecule has 220 valence electrons. The van der Waals surface area contributed by atoms with Gasteiger partial charge in [-0.05, 0) is 49.0 Å². The molecule has 2 aliphatic rings. The zero-order valence-corrected chi connectivity index (χ0v) is 25.0. The zero-order chi connectivity index (χ0) is 30.1. The van der Waals surface area contributed by atoms with Crippen molar-refractivity contribution < 1.29 is 28.3 Å². The average molecular weight is 590 g/mol. The van der Waals surface area contributed by atoms with Crippen molar-refractivity contribution in [3.05, 3.63) is 95.6 Å². The number of rotatable bonds is 9. The van der Waals surface area contributed by atoms with E-state index in [2.05, 4.69) is 10.6 Å². The van der Waals surface area contributed by atoms with Crippen LogP contribution in [0, 0.1) is 5.92 Å². The average Bonchev–Trinajstić information content (AvgIpc) is 3.42. The summed E-state index contributed by atoms with van der Waals surface area (Å²) in [5.41, 5.74) is 0.727. The van der Waals surface area contributed by atoms with Gasteiger partial charge in [-0.15, -0.1) is 0 Å². The Bertz CT molecular complexity index is 1470. The number of nitrogens with zero attached hydrogens (tertiary/aromatic N) is 1. The molecule has 1 saturated heterocycles. The van der Waals surface area contributed by atoms with E-state index in [0.717, 1.165) is 5.56 Å². The molecule has 0 bridgehead atoms. The molecule has 0 radical (unpaired) electrons. The maximum Gasteiger partial charge on any atom is 0.261 e. The third-order valence-electron chi connectivity index (χ3n) is 8.32. The van der Waals surface area contributed by atoms with E-state index in [1.54, 1.807) is 55.6 Å². The van der Waals surface area contributed by atoms with Crippen LogP contribution in [0.3, 0.4) is 0 Å². The summed E-state index contributed by atoms with van der Waals surface area (Å²) in [6, 6.07) is 23.3. The molecule has 1 spiro atoms. The number of carbonyl (C=O) groups is 3. The van der Waals surface area contributed by atoms with Crippen molar-refractivity contribution in [2.24, 2.45) is 5.92 Å². The summed E-state index contributed by atoms with van der Waals surface area (Å²) in [5, 5.41) is 15.4. The number of fused-ring (bicyclic) bond motifs is 2. The molecule has 5 rings (SSSR count). The summed E-state index contributed by atoms with van der Waals surface area (Å²) in [4.78, 5) is 41.6. The largest absolute Gasteiger partial charge is 0.395 e. The second kappa shape index (κ2) is 11.8. The van der Waals surface area contributed by atoms with Crippen molar-refractivity contribution in [2.45, 2.75) is 50.2 Å². The van der Waals surface area contributed by atoms with Crippen LogP contribution in [0.5, 0.6) is 0 Å². The molecule has 42 heavy (non-hydrogen) atoms. The lowest BCUT2D eigenvalue weighted by atomic mass is 9.82. The van der Waals surface area contributed by atoms with Gasteiger partial charge in [-0.3, -0.25) is 14.4 Å². The number of halogens is 1. The number of amides is 3. The van der Waals surface area contributed by atoms with Gasteiger partial charge in [0.2, 0.25) is 14.3 Å². The van der Waals surface area contributed by atoms with Gasteiger partial charge in [0.1, 0.15) is 0 Å². The Morgan fingerprint density at radius 2 is 1.74 bits per heavy atom. The molecule has 2 heterocycles. The van der Waals surface area contributed by atoms with Gasteiger partial charge in [0, 0.05) is 47.1 Å². The van der Waals surface area contributed by atoms with Crippen molar-refractivity contribution in [1.29, 1.82) is 0 Å². The standard InChI is InChI=1S/C32H36FN3O5Si/c1-21-29(42(2,3)33)27(19-28(38)36(16-17-37)20-22-10-6-4-7-11-22)41-32(21)25-18-24(14-15-26(25)35-31(32)40)34-30(39)23-12-8-5-9-13-23/h4-15,18,21,27,29,37H,16-17,19-20H2,1-3H3,(H,34,39)(H,35,40)/t21-,27+,29-,32+/m1/s1. The van der Waals surface area contributed by atoms with Crippen molar-refractivity contribution in [2.75, 3.05) is 23.8 Å². The molecule has 8 nitrogen and oxygen atoms in total. The van der Waals surface area contributed by atoms with Gasteiger partial charge in [0.15, 0.2) is 5.60 Å². The number of aliphatic hydroxyl groups excluding tert-OH is 1. The lowest BCUT2D eigenvalue weighted by molar-refractivity contribution is -0.148. The molecule has 2 aliphatic heterocycles. The molecule has 1 fully saturated rings. The summed E-state index contributed by atoms with van der Waals surface area (Å²) in [7, 11) is -3.47. The summed E-state index contributed by atoms with van der Waals surface area (Å²) in [6.07, 6.45) is -0.979. The Morgan fingerprint density at radius 1 is 1.07 bits per heavy atom. The van der Waals surface area contributed by atoms with Crippen LogP contribution in [0.4, 0.5) is 15.5 Å². The van der Waals surface area contributed by atoms with E-state index in [1.165, 1.54) is 4.90 Å². The maximum atomic E-state index is 16.0.